The monoisotopic (exact) mass is 201 g/mol. The van der Waals surface area contributed by atoms with E-state index in [-0.39, 0.29) is 0 Å². The highest BCUT2D eigenvalue weighted by Gasteiger charge is 2.13. The smallest absolute Gasteiger partial charge is 0.191 e. The van der Waals surface area contributed by atoms with E-state index in [1.54, 1.807) is 6.20 Å². The molecular formula is C12H11NO2. The zero-order valence-corrected chi connectivity index (χ0v) is 8.49. The summed E-state index contributed by atoms with van der Waals surface area (Å²) in [6.07, 6.45) is 2.74. The first kappa shape index (κ1) is 8.53. The lowest BCUT2D eigenvalue weighted by Crippen LogP contribution is -1.85. The van der Waals surface area contributed by atoms with Gasteiger partial charge in [-0.25, -0.2) is 4.98 Å². The van der Waals surface area contributed by atoms with E-state index in [1.165, 1.54) is 5.56 Å². The summed E-state index contributed by atoms with van der Waals surface area (Å²) in [6.45, 7) is 2.63. The first-order valence-electron chi connectivity index (χ1n) is 5.01. The quantitative estimate of drug-likeness (QED) is 0.711. The van der Waals surface area contributed by atoms with E-state index in [9.17, 15) is 0 Å². The highest BCUT2D eigenvalue weighted by Crippen LogP contribution is 2.30. The molecule has 0 saturated carbocycles. The number of aryl methyl sites for hydroxylation is 1. The van der Waals surface area contributed by atoms with E-state index < -0.39 is 0 Å². The zero-order chi connectivity index (χ0) is 10.3. The summed E-state index contributed by atoms with van der Waals surface area (Å²) in [5.74, 6) is 2.51. The lowest BCUT2D eigenvalue weighted by molar-refractivity contribution is 0.357. The largest absolute Gasteiger partial charge is 0.493 e. The molecule has 1 aromatic heterocycles. The molecule has 3 rings (SSSR count). The summed E-state index contributed by atoms with van der Waals surface area (Å²) in [5, 5.41) is 0. The standard InChI is InChI=1S/C12H11NO2/c1-8-13-7-12(15-8)9-2-3-11-10(6-9)4-5-14-11/h2-3,6-7H,4-5H2,1H3. The number of benzene rings is 1. The Labute approximate surface area is 87.7 Å². The maximum Gasteiger partial charge on any atom is 0.191 e. The second kappa shape index (κ2) is 3.12. The first-order valence-corrected chi connectivity index (χ1v) is 5.01. The van der Waals surface area contributed by atoms with Gasteiger partial charge in [0, 0.05) is 18.9 Å². The van der Waals surface area contributed by atoms with Crippen LogP contribution in [0.25, 0.3) is 11.3 Å². The van der Waals surface area contributed by atoms with Crippen molar-refractivity contribution in [2.24, 2.45) is 0 Å². The summed E-state index contributed by atoms with van der Waals surface area (Å²) in [7, 11) is 0. The molecule has 1 aromatic carbocycles. The fraction of sp³-hybridized carbons (Fsp3) is 0.250. The first-order chi connectivity index (χ1) is 7.33. The summed E-state index contributed by atoms with van der Waals surface area (Å²) in [6, 6.07) is 6.11. The molecule has 1 aliphatic heterocycles. The predicted octanol–water partition coefficient (Wildman–Crippen LogP) is 2.58. The van der Waals surface area contributed by atoms with Crippen LogP contribution in [0.15, 0.2) is 28.8 Å². The van der Waals surface area contributed by atoms with Gasteiger partial charge in [0.25, 0.3) is 0 Å². The van der Waals surface area contributed by atoms with Crippen LogP contribution in [0.5, 0.6) is 5.75 Å². The summed E-state index contributed by atoms with van der Waals surface area (Å²) in [4.78, 5) is 4.09. The number of nitrogens with zero attached hydrogens (tertiary/aromatic N) is 1. The molecule has 0 N–H and O–H groups in total. The minimum Gasteiger partial charge on any atom is -0.493 e. The Hall–Kier alpha value is -1.77. The normalized spacial score (nSPS) is 13.7. The number of oxazole rings is 1. The molecule has 76 valence electrons. The molecule has 1 aliphatic rings. The molecule has 0 bridgehead atoms. The Morgan fingerprint density at radius 2 is 2.27 bits per heavy atom. The third kappa shape index (κ3) is 1.40. The van der Waals surface area contributed by atoms with Crippen molar-refractivity contribution in [3.05, 3.63) is 35.9 Å². The average Bonchev–Trinajstić information content (AvgIpc) is 2.84. The van der Waals surface area contributed by atoms with Crippen molar-refractivity contribution in [3.63, 3.8) is 0 Å². The molecule has 3 nitrogen and oxygen atoms in total. The van der Waals surface area contributed by atoms with E-state index in [4.69, 9.17) is 9.15 Å². The highest BCUT2D eigenvalue weighted by atomic mass is 16.5. The van der Waals surface area contributed by atoms with Gasteiger partial charge in [0.1, 0.15) is 5.75 Å². The molecule has 3 heteroatoms. The van der Waals surface area contributed by atoms with E-state index in [2.05, 4.69) is 11.1 Å². The van der Waals surface area contributed by atoms with Crippen molar-refractivity contribution in [1.82, 2.24) is 4.98 Å². The minimum atomic E-state index is 0.696. The van der Waals surface area contributed by atoms with E-state index in [0.29, 0.717) is 5.89 Å². The minimum absolute atomic E-state index is 0.696. The van der Waals surface area contributed by atoms with Crippen LogP contribution < -0.4 is 4.74 Å². The molecule has 0 aliphatic carbocycles. The Bertz CT molecular complexity index is 502. The van der Waals surface area contributed by atoms with Gasteiger partial charge < -0.3 is 9.15 Å². The number of ether oxygens (including phenoxy) is 1. The molecule has 0 saturated heterocycles. The molecule has 0 amide bonds. The van der Waals surface area contributed by atoms with Crippen LogP contribution in [0, 0.1) is 6.92 Å². The molecule has 0 radical (unpaired) electrons. The number of fused-ring (bicyclic) bond motifs is 1. The van der Waals surface area contributed by atoms with Crippen molar-refractivity contribution >= 4 is 0 Å². The van der Waals surface area contributed by atoms with Crippen LogP contribution in [-0.4, -0.2) is 11.6 Å². The second-order valence-electron chi connectivity index (χ2n) is 3.66. The van der Waals surface area contributed by atoms with Gasteiger partial charge in [0.05, 0.1) is 12.8 Å². The lowest BCUT2D eigenvalue weighted by Gasteiger charge is -2.00. The number of rotatable bonds is 1. The molecule has 2 heterocycles. The topological polar surface area (TPSA) is 35.3 Å². The Kier molecular flexibility index (Phi) is 1.78. The van der Waals surface area contributed by atoms with Crippen LogP contribution >= 0.6 is 0 Å². The van der Waals surface area contributed by atoms with Crippen molar-refractivity contribution < 1.29 is 9.15 Å². The van der Waals surface area contributed by atoms with Crippen LogP contribution in [0.4, 0.5) is 0 Å². The van der Waals surface area contributed by atoms with Gasteiger partial charge in [-0.1, -0.05) is 0 Å². The SMILES string of the molecule is Cc1ncc(-c2ccc3c(c2)CCO3)o1. The van der Waals surface area contributed by atoms with Gasteiger partial charge in [-0.05, 0) is 23.8 Å². The van der Waals surface area contributed by atoms with Crippen molar-refractivity contribution in [2.75, 3.05) is 6.61 Å². The van der Waals surface area contributed by atoms with E-state index >= 15 is 0 Å². The molecule has 0 atom stereocenters. The van der Waals surface area contributed by atoms with Crippen LogP contribution in [0.1, 0.15) is 11.5 Å². The number of hydrogen-bond acceptors (Lipinski definition) is 3. The molecule has 0 fully saturated rings. The third-order valence-electron chi connectivity index (χ3n) is 2.60. The van der Waals surface area contributed by atoms with Gasteiger partial charge in [0.15, 0.2) is 11.7 Å². The molecular weight excluding hydrogens is 190 g/mol. The Morgan fingerprint density at radius 1 is 1.33 bits per heavy atom. The van der Waals surface area contributed by atoms with Gasteiger partial charge >= 0.3 is 0 Å². The number of aromatic nitrogens is 1. The summed E-state index contributed by atoms with van der Waals surface area (Å²) in [5.41, 5.74) is 2.32. The predicted molar refractivity (Wildman–Crippen MR) is 55.9 cm³/mol. The average molecular weight is 201 g/mol. The highest BCUT2D eigenvalue weighted by molar-refractivity contribution is 5.60. The third-order valence-corrected chi connectivity index (χ3v) is 2.60. The van der Waals surface area contributed by atoms with Gasteiger partial charge in [-0.15, -0.1) is 0 Å². The lowest BCUT2D eigenvalue weighted by atomic mass is 10.1. The fourth-order valence-corrected chi connectivity index (χ4v) is 1.83. The van der Waals surface area contributed by atoms with Crippen LogP contribution in [-0.2, 0) is 6.42 Å². The maximum atomic E-state index is 5.48. The van der Waals surface area contributed by atoms with E-state index in [0.717, 1.165) is 30.1 Å². The molecule has 0 unspecified atom stereocenters. The summed E-state index contributed by atoms with van der Waals surface area (Å²) >= 11 is 0. The van der Waals surface area contributed by atoms with Crippen LogP contribution in [0.2, 0.25) is 0 Å². The number of hydrogen-bond donors (Lipinski definition) is 0. The zero-order valence-electron chi connectivity index (χ0n) is 8.49. The Morgan fingerprint density at radius 3 is 3.07 bits per heavy atom. The summed E-state index contributed by atoms with van der Waals surface area (Å²) < 4.78 is 10.9. The van der Waals surface area contributed by atoms with Crippen molar-refractivity contribution in [3.8, 4) is 17.1 Å². The van der Waals surface area contributed by atoms with Crippen molar-refractivity contribution in [1.29, 1.82) is 0 Å². The van der Waals surface area contributed by atoms with Gasteiger partial charge in [-0.3, -0.25) is 0 Å². The van der Waals surface area contributed by atoms with Gasteiger partial charge in [-0.2, -0.15) is 0 Å². The maximum absolute atomic E-state index is 5.48. The Balaban J connectivity index is 2.06. The second-order valence-corrected chi connectivity index (χ2v) is 3.66. The van der Waals surface area contributed by atoms with Crippen molar-refractivity contribution in [2.45, 2.75) is 13.3 Å². The molecule has 15 heavy (non-hydrogen) atoms. The molecule has 2 aromatic rings. The van der Waals surface area contributed by atoms with E-state index in [1.807, 2.05) is 19.1 Å². The fourth-order valence-electron chi connectivity index (χ4n) is 1.83. The van der Waals surface area contributed by atoms with Gasteiger partial charge in [0.2, 0.25) is 0 Å². The molecule has 0 spiro atoms. The van der Waals surface area contributed by atoms with Crippen LogP contribution in [0.3, 0.4) is 0 Å².